The highest BCUT2D eigenvalue weighted by Gasteiger charge is 2.06. The van der Waals surface area contributed by atoms with Gasteiger partial charge in [0.25, 0.3) is 0 Å². The maximum atomic E-state index is 2.34. The van der Waals surface area contributed by atoms with Gasteiger partial charge in [-0.2, -0.15) is 0 Å². The van der Waals surface area contributed by atoms with E-state index in [-0.39, 0.29) is 0 Å². The van der Waals surface area contributed by atoms with Crippen LogP contribution in [0.15, 0.2) is 36.4 Å². The fourth-order valence-corrected chi connectivity index (χ4v) is 3.68. The van der Waals surface area contributed by atoms with E-state index in [0.717, 1.165) is 11.8 Å². The maximum Gasteiger partial charge on any atom is -0.0250 e. The third-order valence-corrected chi connectivity index (χ3v) is 6.50. The first-order valence-electron chi connectivity index (χ1n) is 11.5. The lowest BCUT2D eigenvalue weighted by molar-refractivity contribution is 0.490. The minimum Gasteiger partial charge on any atom is -0.0651 e. The Hall–Kier alpha value is -1.56. The van der Waals surface area contributed by atoms with Crippen LogP contribution in [0.5, 0.6) is 0 Å². The van der Waals surface area contributed by atoms with E-state index in [0.29, 0.717) is 0 Å². The van der Waals surface area contributed by atoms with Crippen LogP contribution in [0.2, 0.25) is 0 Å². The molecule has 0 saturated carbocycles. The molecule has 0 atom stereocenters. The van der Waals surface area contributed by atoms with Crippen LogP contribution in [0.3, 0.4) is 0 Å². The molecule has 0 nitrogen and oxygen atoms in total. The Balaban J connectivity index is 0.000000280. The highest BCUT2D eigenvalue weighted by Crippen LogP contribution is 2.19. The van der Waals surface area contributed by atoms with Crippen molar-refractivity contribution >= 4 is 0 Å². The molecule has 0 aliphatic heterocycles. The van der Waals surface area contributed by atoms with Crippen LogP contribution in [0, 0.1) is 39.5 Å². The number of hydrogen-bond acceptors (Lipinski definition) is 0. The highest BCUT2D eigenvalue weighted by molar-refractivity contribution is 5.30. The standard InChI is InChI=1S/2C14H22/c2*1-5-13(6-2)10-14-8-7-11(3)12(4)9-14/h2*7-9,13H,5-6,10H2,1-4H3. The lowest BCUT2D eigenvalue weighted by Gasteiger charge is -2.13. The second-order valence-electron chi connectivity index (χ2n) is 8.61. The van der Waals surface area contributed by atoms with Gasteiger partial charge in [0.1, 0.15) is 0 Å². The van der Waals surface area contributed by atoms with E-state index in [1.165, 1.54) is 71.9 Å². The number of benzene rings is 2. The lowest BCUT2D eigenvalue weighted by atomic mass is 9.93. The Morgan fingerprint density at radius 1 is 0.500 bits per heavy atom. The summed E-state index contributed by atoms with van der Waals surface area (Å²) in [5, 5.41) is 0. The fraction of sp³-hybridized carbons (Fsp3) is 0.571. The fourth-order valence-electron chi connectivity index (χ4n) is 3.68. The quantitative estimate of drug-likeness (QED) is 0.430. The molecule has 0 heteroatoms. The van der Waals surface area contributed by atoms with Crippen molar-refractivity contribution in [3.8, 4) is 0 Å². The molecule has 0 saturated heterocycles. The van der Waals surface area contributed by atoms with E-state index in [2.05, 4.69) is 91.8 Å². The molecule has 0 N–H and O–H groups in total. The molecule has 28 heavy (non-hydrogen) atoms. The van der Waals surface area contributed by atoms with Crippen LogP contribution < -0.4 is 0 Å². The van der Waals surface area contributed by atoms with Gasteiger partial charge in [0.2, 0.25) is 0 Å². The largest absolute Gasteiger partial charge is 0.0651 e. The van der Waals surface area contributed by atoms with Crippen LogP contribution in [-0.2, 0) is 12.8 Å². The minimum atomic E-state index is 0.858. The van der Waals surface area contributed by atoms with Crippen molar-refractivity contribution in [1.82, 2.24) is 0 Å². The van der Waals surface area contributed by atoms with Gasteiger partial charge in [-0.15, -0.1) is 0 Å². The predicted octanol–water partition coefficient (Wildman–Crippen LogP) is 8.56. The molecular formula is C28H44. The van der Waals surface area contributed by atoms with Crippen LogP contribution in [0.4, 0.5) is 0 Å². The molecule has 2 aromatic rings. The van der Waals surface area contributed by atoms with E-state index in [1.807, 2.05) is 0 Å². The molecule has 0 bridgehead atoms. The Morgan fingerprint density at radius 2 is 0.821 bits per heavy atom. The number of rotatable bonds is 8. The first kappa shape index (κ1) is 24.5. The summed E-state index contributed by atoms with van der Waals surface area (Å²) in [6, 6.07) is 13.7. The summed E-state index contributed by atoms with van der Waals surface area (Å²) in [5.41, 5.74) is 8.65. The van der Waals surface area contributed by atoms with Crippen molar-refractivity contribution in [2.75, 3.05) is 0 Å². The molecule has 0 unspecified atom stereocenters. The molecule has 0 aliphatic carbocycles. The summed E-state index contributed by atoms with van der Waals surface area (Å²) >= 11 is 0. The van der Waals surface area contributed by atoms with Gasteiger partial charge in [-0.1, -0.05) is 89.8 Å². The average molecular weight is 381 g/mol. The molecule has 156 valence electrons. The third kappa shape index (κ3) is 8.21. The molecule has 0 heterocycles. The van der Waals surface area contributed by atoms with E-state index >= 15 is 0 Å². The Kier molecular flexibility index (Phi) is 11.2. The second-order valence-corrected chi connectivity index (χ2v) is 8.61. The van der Waals surface area contributed by atoms with Crippen molar-refractivity contribution in [2.45, 2.75) is 93.9 Å². The lowest BCUT2D eigenvalue weighted by Crippen LogP contribution is -2.01. The first-order chi connectivity index (χ1) is 13.3. The van der Waals surface area contributed by atoms with Crippen molar-refractivity contribution in [1.29, 1.82) is 0 Å². The zero-order valence-electron chi connectivity index (χ0n) is 19.9. The van der Waals surface area contributed by atoms with Crippen LogP contribution in [0.1, 0.15) is 86.8 Å². The molecule has 0 radical (unpaired) electrons. The monoisotopic (exact) mass is 380 g/mol. The van der Waals surface area contributed by atoms with Crippen LogP contribution in [0.25, 0.3) is 0 Å². The van der Waals surface area contributed by atoms with Crippen LogP contribution >= 0.6 is 0 Å². The average Bonchev–Trinajstić information content (AvgIpc) is 2.70. The van der Waals surface area contributed by atoms with Gasteiger partial charge in [-0.25, -0.2) is 0 Å². The van der Waals surface area contributed by atoms with Crippen LogP contribution in [-0.4, -0.2) is 0 Å². The second kappa shape index (κ2) is 12.8. The molecule has 0 amide bonds. The molecular weight excluding hydrogens is 336 g/mol. The molecule has 0 spiro atoms. The van der Waals surface area contributed by atoms with Gasteiger partial charge in [0.05, 0.1) is 0 Å². The predicted molar refractivity (Wildman–Crippen MR) is 127 cm³/mol. The van der Waals surface area contributed by atoms with Gasteiger partial charge in [0, 0.05) is 0 Å². The van der Waals surface area contributed by atoms with E-state index < -0.39 is 0 Å². The molecule has 0 aromatic heterocycles. The zero-order valence-corrected chi connectivity index (χ0v) is 19.9. The molecule has 0 aliphatic rings. The van der Waals surface area contributed by atoms with Gasteiger partial charge in [0.15, 0.2) is 0 Å². The van der Waals surface area contributed by atoms with E-state index in [1.54, 1.807) is 0 Å². The summed E-state index contributed by atoms with van der Waals surface area (Å²) in [4.78, 5) is 0. The van der Waals surface area contributed by atoms with E-state index in [4.69, 9.17) is 0 Å². The number of hydrogen-bond donors (Lipinski definition) is 0. The SMILES string of the molecule is CCC(CC)Cc1ccc(C)c(C)c1.CCC(CC)Cc1ccc(C)c(C)c1. The summed E-state index contributed by atoms with van der Waals surface area (Å²) in [6.45, 7) is 17.9. The summed E-state index contributed by atoms with van der Waals surface area (Å²) in [6.07, 6.45) is 7.67. The Bertz CT molecular complexity index is 626. The van der Waals surface area contributed by atoms with Gasteiger partial charge < -0.3 is 0 Å². The van der Waals surface area contributed by atoms with Crippen molar-refractivity contribution < 1.29 is 0 Å². The zero-order chi connectivity index (χ0) is 21.1. The van der Waals surface area contributed by atoms with Gasteiger partial charge in [-0.05, 0) is 85.8 Å². The van der Waals surface area contributed by atoms with Gasteiger partial charge >= 0.3 is 0 Å². The Morgan fingerprint density at radius 3 is 1.07 bits per heavy atom. The van der Waals surface area contributed by atoms with Crippen molar-refractivity contribution in [3.63, 3.8) is 0 Å². The molecule has 2 aromatic carbocycles. The normalized spacial score (nSPS) is 10.9. The van der Waals surface area contributed by atoms with Crippen molar-refractivity contribution in [3.05, 3.63) is 69.8 Å². The summed E-state index contributed by atoms with van der Waals surface area (Å²) in [5.74, 6) is 1.72. The number of aryl methyl sites for hydroxylation is 4. The maximum absolute atomic E-state index is 2.34. The summed E-state index contributed by atoms with van der Waals surface area (Å²) < 4.78 is 0. The van der Waals surface area contributed by atoms with Gasteiger partial charge in [-0.3, -0.25) is 0 Å². The summed E-state index contributed by atoms with van der Waals surface area (Å²) in [7, 11) is 0. The Labute approximate surface area is 175 Å². The highest BCUT2D eigenvalue weighted by atomic mass is 14.1. The first-order valence-corrected chi connectivity index (χ1v) is 11.5. The molecule has 2 rings (SSSR count). The smallest absolute Gasteiger partial charge is 0.0250 e. The van der Waals surface area contributed by atoms with Crippen molar-refractivity contribution in [2.24, 2.45) is 11.8 Å². The third-order valence-electron chi connectivity index (χ3n) is 6.50. The molecule has 0 fully saturated rings. The topological polar surface area (TPSA) is 0 Å². The van der Waals surface area contributed by atoms with E-state index in [9.17, 15) is 0 Å². The minimum absolute atomic E-state index is 0.858.